The monoisotopic (exact) mass is 420 g/mol. The number of piperidine rings is 2. The van der Waals surface area contributed by atoms with Crippen LogP contribution in [-0.2, 0) is 16.1 Å². The quantitative estimate of drug-likeness (QED) is 0.688. The van der Waals surface area contributed by atoms with E-state index >= 15 is 0 Å². The van der Waals surface area contributed by atoms with Crippen molar-refractivity contribution in [2.75, 3.05) is 26.2 Å². The molecule has 2 aliphatic rings. The van der Waals surface area contributed by atoms with Crippen LogP contribution in [0.5, 0.6) is 0 Å². The van der Waals surface area contributed by atoms with E-state index in [1.807, 2.05) is 11.8 Å². The lowest BCUT2D eigenvalue weighted by Crippen LogP contribution is -2.52. The second kappa shape index (κ2) is 10.5. The first kappa shape index (κ1) is 22.2. The van der Waals surface area contributed by atoms with Gasteiger partial charge < -0.3 is 10.2 Å². The van der Waals surface area contributed by atoms with Crippen molar-refractivity contribution in [1.82, 2.24) is 20.1 Å². The molecule has 0 spiro atoms. The smallest absolute Gasteiger partial charge is 0.226 e. The maximum atomic E-state index is 13.2. The topological polar surface area (TPSA) is 65.5 Å². The summed E-state index contributed by atoms with van der Waals surface area (Å²) >= 11 is 1.69. The average molecular weight is 421 g/mol. The minimum absolute atomic E-state index is 0.0556. The van der Waals surface area contributed by atoms with Crippen molar-refractivity contribution in [1.29, 1.82) is 0 Å². The number of nitrogens with zero attached hydrogens (tertiary/aromatic N) is 3. The molecule has 1 aromatic heterocycles. The number of unbranched alkanes of at least 4 members (excludes halogenated alkanes) is 1. The van der Waals surface area contributed by atoms with Crippen LogP contribution in [0.2, 0.25) is 0 Å². The molecule has 0 saturated carbocycles. The predicted molar refractivity (Wildman–Crippen MR) is 117 cm³/mol. The summed E-state index contributed by atoms with van der Waals surface area (Å²) in [5.41, 5.74) is 1.14. The Kier molecular flexibility index (Phi) is 8.07. The Morgan fingerprint density at radius 2 is 1.97 bits per heavy atom. The number of hydrogen-bond donors (Lipinski definition) is 1. The molecule has 0 bridgehead atoms. The summed E-state index contributed by atoms with van der Waals surface area (Å²) in [4.78, 5) is 34.7. The van der Waals surface area contributed by atoms with Gasteiger partial charge in [-0.15, -0.1) is 11.3 Å². The third-order valence-electron chi connectivity index (χ3n) is 6.35. The van der Waals surface area contributed by atoms with E-state index < -0.39 is 0 Å². The maximum absolute atomic E-state index is 13.2. The first-order valence-corrected chi connectivity index (χ1v) is 12.1. The second-order valence-electron chi connectivity index (χ2n) is 8.67. The van der Waals surface area contributed by atoms with Gasteiger partial charge in [0.15, 0.2) is 0 Å². The highest BCUT2D eigenvalue weighted by Gasteiger charge is 2.36. The van der Waals surface area contributed by atoms with Crippen molar-refractivity contribution in [2.45, 2.75) is 71.9 Å². The molecule has 2 unspecified atom stereocenters. The molecule has 0 radical (unpaired) electrons. The molecule has 2 atom stereocenters. The molecule has 1 N–H and O–H groups in total. The van der Waals surface area contributed by atoms with Crippen molar-refractivity contribution in [3.63, 3.8) is 0 Å². The van der Waals surface area contributed by atoms with Crippen LogP contribution in [0, 0.1) is 18.8 Å². The molecule has 3 rings (SSSR count). The number of nitrogens with one attached hydrogen (secondary N) is 1. The van der Waals surface area contributed by atoms with Crippen molar-refractivity contribution in [2.24, 2.45) is 11.8 Å². The van der Waals surface area contributed by atoms with E-state index in [-0.39, 0.29) is 29.7 Å². The molecule has 6 nitrogen and oxygen atoms in total. The van der Waals surface area contributed by atoms with Crippen LogP contribution in [0.15, 0.2) is 5.38 Å². The lowest BCUT2D eigenvalue weighted by Gasteiger charge is -2.41. The first-order valence-electron chi connectivity index (χ1n) is 11.2. The second-order valence-corrected chi connectivity index (χ2v) is 9.73. The van der Waals surface area contributed by atoms with Gasteiger partial charge in [-0.3, -0.25) is 14.5 Å². The zero-order valence-electron chi connectivity index (χ0n) is 18.2. The van der Waals surface area contributed by atoms with Gasteiger partial charge >= 0.3 is 0 Å². The Balaban J connectivity index is 1.49. The Hall–Kier alpha value is -1.47. The van der Waals surface area contributed by atoms with E-state index in [1.165, 1.54) is 0 Å². The Morgan fingerprint density at radius 1 is 1.21 bits per heavy atom. The van der Waals surface area contributed by atoms with Gasteiger partial charge in [-0.25, -0.2) is 4.98 Å². The van der Waals surface area contributed by atoms with Crippen LogP contribution >= 0.6 is 11.3 Å². The Morgan fingerprint density at radius 3 is 2.62 bits per heavy atom. The number of amides is 2. The van der Waals surface area contributed by atoms with Crippen LogP contribution in [0.25, 0.3) is 0 Å². The summed E-state index contributed by atoms with van der Waals surface area (Å²) < 4.78 is 0. The van der Waals surface area contributed by atoms with E-state index in [0.717, 1.165) is 75.4 Å². The number of rotatable bonds is 7. The summed E-state index contributed by atoms with van der Waals surface area (Å²) in [6.07, 6.45) is 5.69. The third kappa shape index (κ3) is 6.01. The van der Waals surface area contributed by atoms with Crippen LogP contribution in [0.3, 0.4) is 0 Å². The fraction of sp³-hybridized carbons (Fsp3) is 0.773. The van der Waals surface area contributed by atoms with Gasteiger partial charge in [0.2, 0.25) is 11.8 Å². The van der Waals surface area contributed by atoms with Gasteiger partial charge in [-0.1, -0.05) is 13.3 Å². The van der Waals surface area contributed by atoms with Crippen LogP contribution in [0.4, 0.5) is 0 Å². The molecule has 2 amide bonds. The van der Waals surface area contributed by atoms with Crippen molar-refractivity contribution >= 4 is 23.2 Å². The Bertz CT molecular complexity index is 684. The minimum Gasteiger partial charge on any atom is -0.356 e. The minimum atomic E-state index is -0.0556. The van der Waals surface area contributed by atoms with Crippen molar-refractivity contribution in [3.8, 4) is 0 Å². The highest BCUT2D eigenvalue weighted by molar-refractivity contribution is 7.09. The van der Waals surface area contributed by atoms with Gasteiger partial charge in [0, 0.05) is 37.0 Å². The van der Waals surface area contributed by atoms with E-state index in [9.17, 15) is 9.59 Å². The molecule has 2 fully saturated rings. The molecule has 2 saturated heterocycles. The van der Waals surface area contributed by atoms with Crippen molar-refractivity contribution in [3.05, 3.63) is 16.1 Å². The number of aromatic nitrogens is 1. The molecule has 7 heteroatoms. The zero-order chi connectivity index (χ0) is 20.8. The van der Waals surface area contributed by atoms with Gasteiger partial charge in [0.05, 0.1) is 16.6 Å². The predicted octanol–water partition coefficient (Wildman–Crippen LogP) is 3.21. The number of carbonyl (C=O) groups is 2. The maximum Gasteiger partial charge on any atom is 0.226 e. The molecular weight excluding hydrogens is 384 g/mol. The van der Waals surface area contributed by atoms with Crippen LogP contribution < -0.4 is 5.32 Å². The van der Waals surface area contributed by atoms with E-state index in [4.69, 9.17) is 0 Å². The summed E-state index contributed by atoms with van der Waals surface area (Å²) in [5.74, 6) is 0.414. The largest absolute Gasteiger partial charge is 0.356 e. The van der Waals surface area contributed by atoms with Gasteiger partial charge in [0.25, 0.3) is 0 Å². The fourth-order valence-electron chi connectivity index (χ4n) is 4.44. The molecule has 29 heavy (non-hydrogen) atoms. The summed E-state index contributed by atoms with van der Waals surface area (Å²) in [6, 6.07) is 0.234. The molecule has 162 valence electrons. The zero-order valence-corrected chi connectivity index (χ0v) is 19.0. The first-order chi connectivity index (χ1) is 14.0. The lowest BCUT2D eigenvalue weighted by molar-refractivity contribution is -0.143. The molecule has 2 aliphatic heterocycles. The van der Waals surface area contributed by atoms with E-state index in [2.05, 4.69) is 34.4 Å². The third-order valence-corrected chi connectivity index (χ3v) is 7.18. The summed E-state index contributed by atoms with van der Waals surface area (Å²) in [6.45, 7) is 10.4. The number of carbonyl (C=O) groups excluding carboxylic acids is 2. The van der Waals surface area contributed by atoms with Crippen molar-refractivity contribution < 1.29 is 9.59 Å². The molecular formula is C22H36N4O2S. The van der Waals surface area contributed by atoms with E-state index in [1.54, 1.807) is 11.3 Å². The molecule has 0 aromatic carbocycles. The number of thiazole rings is 1. The highest BCUT2D eigenvalue weighted by atomic mass is 32.1. The average Bonchev–Trinajstić information content (AvgIpc) is 3.13. The van der Waals surface area contributed by atoms with Gasteiger partial charge in [0.1, 0.15) is 0 Å². The lowest BCUT2D eigenvalue weighted by atomic mass is 9.89. The highest BCUT2D eigenvalue weighted by Crippen LogP contribution is 2.28. The van der Waals surface area contributed by atoms with Gasteiger partial charge in [-0.05, 0) is 59.0 Å². The standard InChI is InChI=1S/C22H36N4O2S/c1-4-5-10-23-21(27)19-7-6-16(2)26(13-19)22(28)18-8-11-25(12-9-18)14-20-15-29-17(3)24-20/h15-16,18-19H,4-14H2,1-3H3,(H,23,27). The molecule has 3 heterocycles. The number of aryl methyl sites for hydroxylation is 1. The van der Waals surface area contributed by atoms with Crippen LogP contribution in [-0.4, -0.2) is 58.8 Å². The summed E-state index contributed by atoms with van der Waals surface area (Å²) in [5, 5.41) is 6.29. The normalized spacial score (nSPS) is 23.9. The Labute approximate surface area is 179 Å². The number of hydrogen-bond acceptors (Lipinski definition) is 5. The van der Waals surface area contributed by atoms with Gasteiger partial charge in [-0.2, -0.15) is 0 Å². The number of likely N-dealkylation sites (tertiary alicyclic amines) is 2. The molecule has 1 aromatic rings. The summed E-state index contributed by atoms with van der Waals surface area (Å²) in [7, 11) is 0. The van der Waals surface area contributed by atoms with E-state index in [0.29, 0.717) is 6.54 Å². The fourth-order valence-corrected chi connectivity index (χ4v) is 5.05. The molecule has 0 aliphatic carbocycles. The SMILES string of the molecule is CCCCNC(=O)C1CCC(C)N(C(=O)C2CCN(Cc3csc(C)n3)CC2)C1. The van der Waals surface area contributed by atoms with Crippen LogP contribution in [0.1, 0.15) is 63.1 Å².